The molecule has 0 spiro atoms. The van der Waals surface area contributed by atoms with Crippen molar-refractivity contribution in [1.29, 1.82) is 0 Å². The summed E-state index contributed by atoms with van der Waals surface area (Å²) in [4.78, 5) is 198. The van der Waals surface area contributed by atoms with E-state index < -0.39 is 162 Å². The Labute approximate surface area is 828 Å². The number of hydrogen-bond donors (Lipinski definition) is 9. The Hall–Kier alpha value is -9.55. The molecular formula is C92H141ClN10O37S. The molecule has 1 aromatic carbocycles. The Bertz CT molecular complexity index is 4220. The molecule has 141 heavy (non-hydrogen) atoms. The normalized spacial score (nSPS) is 21.0. The number of nitrogens with zero attached hydrogens (tertiary/aromatic N) is 4. The number of amides is 12. The van der Waals surface area contributed by atoms with Gasteiger partial charge >= 0.3 is 24.0 Å². The second-order valence-electron chi connectivity index (χ2n) is 33.2. The number of nitrogens with one attached hydrogen (secondary N) is 6. The number of halogens is 1. The fraction of sp³-hybridized carbons (Fsp3) is 0.707. The number of aliphatic hydroxyl groups is 1. The third kappa shape index (κ3) is 45.5. The molecule has 5 aliphatic heterocycles. The minimum absolute atomic E-state index is 0.0232. The number of carbonyl (C=O) groups excluding carboxylic acids is 13. The molecule has 5 heterocycles. The van der Waals surface area contributed by atoms with Crippen LogP contribution in [-0.2, 0) is 159 Å². The molecule has 6 rings (SSSR count). The van der Waals surface area contributed by atoms with E-state index in [2.05, 4.69) is 31.9 Å². The van der Waals surface area contributed by atoms with Crippen LogP contribution in [0.15, 0.2) is 48.1 Å². The molecule has 0 saturated carbocycles. The van der Waals surface area contributed by atoms with Crippen LogP contribution in [0.5, 0.6) is 5.75 Å². The lowest BCUT2D eigenvalue weighted by molar-refractivity contribution is -0.162. The van der Waals surface area contributed by atoms with Crippen molar-refractivity contribution in [2.24, 2.45) is 5.92 Å². The number of fused-ring (bicyclic) bond motifs is 5. The summed E-state index contributed by atoms with van der Waals surface area (Å²) in [5.74, 6) is -10.2. The molecule has 0 aromatic heterocycles. The smallest absolute Gasteiger partial charge is 0.409 e. The number of thioether (sulfide) groups is 1. The highest BCUT2D eigenvalue weighted by Gasteiger charge is 2.65. The number of esters is 1. The van der Waals surface area contributed by atoms with Gasteiger partial charge in [0.1, 0.15) is 59.4 Å². The van der Waals surface area contributed by atoms with Crippen molar-refractivity contribution >= 4 is 118 Å². The number of carboxylic acid groups (broad SMARTS) is 2. The fourth-order valence-corrected chi connectivity index (χ4v) is 15.8. The first-order chi connectivity index (χ1) is 67.7. The SMILES string of the molecule is COc1cc2cc(c1Cl)N(C)C(=O)C[C@H](OC(=O)[C@H](C)N(C)C(=O)CCSC1CC(=O)N(CC(=O)NC(CNC(=O)CCOCCOCCOCCOCCOCCOCCC(=O)NCC(NC(=O)CCCCCN3C(=O)C=CC3=O)C(=O)NCCOCCOCCOCCOCCOCCOCCOCCOCCC(=O)O)C(=O)O)C1=O)[C@]1(C)O[C@H]1[C@H](C)[C@@H]1C[C@@](O)(NC(=O)O1)[C@H](OC)/C=C/C=C(\C)C2. The van der Waals surface area contributed by atoms with Gasteiger partial charge < -0.3 is 142 Å². The minimum Gasteiger partial charge on any atom is -0.495 e. The van der Waals surface area contributed by atoms with Crippen LogP contribution in [0.1, 0.15) is 104 Å². The molecule has 12 amide bonds. The maximum atomic E-state index is 14.5. The summed E-state index contributed by atoms with van der Waals surface area (Å²) in [5.41, 5.74) is -1.47. The summed E-state index contributed by atoms with van der Waals surface area (Å²) in [5, 5.41) is 44.7. The standard InChI is InChI=1S/C92H141ClN10O37S/c1-62-13-12-14-72(123-8)92(121)58-70(138-90(120)99-92)63(2)85-91(4,140-85)73(57-81(111)101(6)68-54-65(53-62)55-69(122-7)84(68)93)139-89(119)64(3)100(5)78(108)21-52-141-71-56-82(112)103(87(71)116)61-77(107)98-67(88(117)118)60-96-75(105)19-25-125-29-33-129-37-41-133-45-44-132-40-36-128-32-28-124-24-18-74(104)95-59-66(97-76(106)15-10-9-11-23-102-79(109)16-17-80(102)110)86(115)94-22-27-127-31-35-131-39-43-135-47-49-137-51-50-136-48-46-134-42-38-130-34-30-126-26-20-83(113)114/h12-14,16-17,54-55,63-64,66-67,70-73,85,121H,9-11,15,18-53,56-61H2,1-8H3,(H,94,115)(H,95,104)(H,96,105)(H,97,106)(H,98,107)(H,99,120)(H,113,114)(H,117,118)/b14-12+,62-13+/t63-,64+,66?,67?,70+,71?,72-,73+,85+,91+,92+/m1/s1. The lowest BCUT2D eigenvalue weighted by Gasteiger charge is -2.42. The highest BCUT2D eigenvalue weighted by molar-refractivity contribution is 8.00. The van der Waals surface area contributed by atoms with E-state index in [-0.39, 0.29) is 199 Å². The van der Waals surface area contributed by atoms with Crippen molar-refractivity contribution in [2.75, 3.05) is 257 Å². The first-order valence-electron chi connectivity index (χ1n) is 47.0. The summed E-state index contributed by atoms with van der Waals surface area (Å²) in [6, 6.07) is -0.572. The van der Waals surface area contributed by atoms with Gasteiger partial charge in [-0.2, -0.15) is 0 Å². The van der Waals surface area contributed by atoms with Crippen LogP contribution >= 0.6 is 23.4 Å². The lowest BCUT2D eigenvalue weighted by Crippen LogP contribution is -2.63. The maximum Gasteiger partial charge on any atom is 0.409 e. The van der Waals surface area contributed by atoms with Crippen LogP contribution in [0.3, 0.4) is 0 Å². The number of aliphatic carboxylic acids is 2. The Morgan fingerprint density at radius 2 is 1.09 bits per heavy atom. The number of carboxylic acids is 2. The highest BCUT2D eigenvalue weighted by atomic mass is 35.5. The number of unbranched alkanes of at least 4 members (excludes halogenated alkanes) is 2. The average Bonchev–Trinajstić information content (AvgIpc) is 1.57. The number of likely N-dealkylation sites (N-methyl/N-ethyl adjacent to an activating group) is 1. The van der Waals surface area contributed by atoms with Crippen LogP contribution in [0.4, 0.5) is 10.5 Å². The first kappa shape index (κ1) is 120. The molecule has 0 aliphatic carbocycles. The number of likely N-dealkylation sites (tertiary alicyclic amines) is 1. The predicted octanol–water partition coefficient (Wildman–Crippen LogP) is 0.141. The first-order valence-corrected chi connectivity index (χ1v) is 48.4. The van der Waals surface area contributed by atoms with Crippen LogP contribution in [0.2, 0.25) is 5.02 Å². The number of epoxide rings is 1. The summed E-state index contributed by atoms with van der Waals surface area (Å²) in [6.07, 6.45) is 2.84. The largest absolute Gasteiger partial charge is 0.495 e. The van der Waals surface area contributed by atoms with Crippen molar-refractivity contribution in [3.8, 4) is 5.75 Å². The Balaban J connectivity index is 0.760. The number of benzene rings is 1. The Morgan fingerprint density at radius 3 is 1.59 bits per heavy atom. The summed E-state index contributed by atoms with van der Waals surface area (Å²) >= 11 is 7.80. The minimum atomic E-state index is -1.94. The zero-order valence-corrected chi connectivity index (χ0v) is 83.1. The third-order valence-corrected chi connectivity index (χ3v) is 24.1. The van der Waals surface area contributed by atoms with Crippen LogP contribution in [-0.4, -0.2) is 430 Å². The topological polar surface area (TPSA) is 581 Å². The second-order valence-corrected chi connectivity index (χ2v) is 34.9. The van der Waals surface area contributed by atoms with Gasteiger partial charge in [-0.05, 0) is 57.7 Å². The van der Waals surface area contributed by atoms with E-state index in [0.29, 0.717) is 116 Å². The van der Waals surface area contributed by atoms with E-state index in [9.17, 15) is 82.1 Å². The molecule has 49 heteroatoms. The molecule has 3 unspecified atom stereocenters. The summed E-state index contributed by atoms with van der Waals surface area (Å²) in [7, 11) is 5.68. The number of alkyl carbamates (subject to hydrolysis) is 1. The lowest BCUT2D eigenvalue weighted by atomic mass is 9.83. The molecule has 0 radical (unpaired) electrons. The van der Waals surface area contributed by atoms with Crippen molar-refractivity contribution < 1.29 is 177 Å². The molecular weight excluding hydrogens is 1900 g/mol. The van der Waals surface area contributed by atoms with Crippen LogP contribution in [0.25, 0.3) is 0 Å². The number of imide groups is 2. The van der Waals surface area contributed by atoms with E-state index in [1.807, 2.05) is 13.0 Å². The molecule has 47 nitrogen and oxygen atoms in total. The predicted molar refractivity (Wildman–Crippen MR) is 501 cm³/mol. The summed E-state index contributed by atoms with van der Waals surface area (Å²) in [6.45, 7) is 12.8. The molecule has 1 aromatic rings. The van der Waals surface area contributed by atoms with Crippen molar-refractivity contribution in [3.63, 3.8) is 0 Å². The van der Waals surface area contributed by atoms with Gasteiger partial charge in [0.15, 0.2) is 5.72 Å². The van der Waals surface area contributed by atoms with E-state index in [1.165, 1.54) is 52.3 Å². The number of carbonyl (C=O) groups is 15. The number of ether oxygens (including phenoxy) is 19. The molecule has 794 valence electrons. The maximum absolute atomic E-state index is 14.5. The highest BCUT2D eigenvalue weighted by Crippen LogP contribution is 2.49. The van der Waals surface area contributed by atoms with Gasteiger partial charge in [-0.25, -0.2) is 14.4 Å². The number of allylic oxidation sites excluding steroid dienone is 3. The van der Waals surface area contributed by atoms with Crippen molar-refractivity contribution in [3.05, 3.63) is 58.7 Å². The van der Waals surface area contributed by atoms with Gasteiger partial charge in [0.25, 0.3) is 11.8 Å². The van der Waals surface area contributed by atoms with Crippen LogP contribution < -0.4 is 41.5 Å². The average molecular weight is 2050 g/mol. The molecule has 9 N–H and O–H groups in total. The Morgan fingerprint density at radius 1 is 0.603 bits per heavy atom. The third-order valence-electron chi connectivity index (χ3n) is 22.6. The number of methoxy groups -OCH3 is 2. The molecule has 11 atom stereocenters. The second kappa shape index (κ2) is 67.1. The Kier molecular flexibility index (Phi) is 57.2. The van der Waals surface area contributed by atoms with Crippen molar-refractivity contribution in [2.45, 2.75) is 164 Å². The quantitative estimate of drug-likeness (QED) is 0.0181. The van der Waals surface area contributed by atoms with Gasteiger partial charge in [0.2, 0.25) is 53.2 Å². The number of hydrogen-bond acceptors (Lipinski definition) is 36. The van der Waals surface area contributed by atoms with Gasteiger partial charge in [-0.15, -0.1) is 11.8 Å². The van der Waals surface area contributed by atoms with Gasteiger partial charge in [0, 0.05) is 110 Å². The number of anilines is 1. The molecule has 4 bridgehead atoms. The zero-order chi connectivity index (χ0) is 103. The van der Waals surface area contributed by atoms with Gasteiger partial charge in [-0.3, -0.25) is 72.7 Å². The molecule has 3 fully saturated rings. The van der Waals surface area contributed by atoms with Gasteiger partial charge in [-0.1, -0.05) is 48.7 Å². The molecule has 3 saturated heterocycles. The van der Waals surface area contributed by atoms with E-state index >= 15 is 0 Å². The van der Waals surface area contributed by atoms with Gasteiger partial charge in [0.05, 0.1) is 222 Å². The van der Waals surface area contributed by atoms with E-state index in [4.69, 9.17) is 107 Å². The van der Waals surface area contributed by atoms with E-state index in [0.717, 1.165) is 32.7 Å². The monoisotopic (exact) mass is 2040 g/mol. The fourth-order valence-electron chi connectivity index (χ4n) is 14.4. The van der Waals surface area contributed by atoms with E-state index in [1.54, 1.807) is 38.1 Å². The summed E-state index contributed by atoms with van der Waals surface area (Å²) < 4.78 is 106. The zero-order valence-electron chi connectivity index (χ0n) is 81.6. The molecule has 5 aliphatic rings. The van der Waals surface area contributed by atoms with Crippen molar-refractivity contribution in [1.82, 2.24) is 46.6 Å². The number of rotatable bonds is 73. The van der Waals surface area contributed by atoms with Crippen LogP contribution in [0, 0.1) is 5.92 Å².